The molecule has 0 aromatic heterocycles. The number of amides is 1. The van der Waals surface area contributed by atoms with Crippen molar-refractivity contribution in [1.82, 2.24) is 5.32 Å². The molecule has 0 aliphatic heterocycles. The Balaban J connectivity index is 2.03. The maximum absolute atomic E-state index is 11.8. The number of aliphatic hydroxyl groups excluding tert-OH is 1. The fourth-order valence-electron chi connectivity index (χ4n) is 2.48. The van der Waals surface area contributed by atoms with Crippen LogP contribution < -0.4 is 5.32 Å². The van der Waals surface area contributed by atoms with E-state index in [0.29, 0.717) is 13.0 Å². The van der Waals surface area contributed by atoms with Gasteiger partial charge in [-0.05, 0) is 29.5 Å². The first-order valence-corrected chi connectivity index (χ1v) is 8.44. The van der Waals surface area contributed by atoms with Gasteiger partial charge in [0.05, 0.1) is 12.6 Å². The molecule has 4 nitrogen and oxygen atoms in total. The van der Waals surface area contributed by atoms with E-state index in [9.17, 15) is 9.90 Å². The van der Waals surface area contributed by atoms with Crippen LogP contribution in [-0.4, -0.2) is 24.4 Å². The van der Waals surface area contributed by atoms with Gasteiger partial charge in [-0.15, -0.1) is 0 Å². The monoisotopic (exact) mass is 327 g/mol. The molecule has 0 radical (unpaired) electrons. The zero-order valence-electron chi connectivity index (χ0n) is 14.1. The molecular formula is C20H25NO3. The summed E-state index contributed by atoms with van der Waals surface area (Å²) >= 11 is 0. The van der Waals surface area contributed by atoms with Gasteiger partial charge < -0.3 is 15.2 Å². The fourth-order valence-corrected chi connectivity index (χ4v) is 2.48. The Hall–Kier alpha value is -2.33. The number of ether oxygens (including phenoxy) is 1. The predicted molar refractivity (Wildman–Crippen MR) is 95.7 cm³/mol. The minimum Gasteiger partial charge on any atom is -0.450 e. The highest BCUT2D eigenvalue weighted by molar-refractivity contribution is 5.68. The van der Waals surface area contributed by atoms with E-state index in [0.717, 1.165) is 29.5 Å². The van der Waals surface area contributed by atoms with Crippen LogP contribution in [0.25, 0.3) is 11.1 Å². The molecule has 2 rings (SSSR count). The summed E-state index contributed by atoms with van der Waals surface area (Å²) < 4.78 is 5.14. The molecule has 1 unspecified atom stereocenters. The van der Waals surface area contributed by atoms with E-state index >= 15 is 0 Å². The van der Waals surface area contributed by atoms with E-state index < -0.39 is 6.09 Å². The van der Waals surface area contributed by atoms with E-state index in [2.05, 4.69) is 17.4 Å². The Morgan fingerprint density at radius 1 is 1.08 bits per heavy atom. The van der Waals surface area contributed by atoms with Crippen LogP contribution >= 0.6 is 0 Å². The van der Waals surface area contributed by atoms with Crippen molar-refractivity contribution < 1.29 is 14.6 Å². The molecule has 0 aliphatic carbocycles. The highest BCUT2D eigenvalue weighted by Crippen LogP contribution is 2.23. The van der Waals surface area contributed by atoms with Crippen LogP contribution in [0.5, 0.6) is 0 Å². The second-order valence-corrected chi connectivity index (χ2v) is 5.69. The van der Waals surface area contributed by atoms with Gasteiger partial charge in [-0.2, -0.15) is 0 Å². The van der Waals surface area contributed by atoms with Gasteiger partial charge in [0.2, 0.25) is 0 Å². The van der Waals surface area contributed by atoms with Gasteiger partial charge in [0, 0.05) is 6.61 Å². The minimum atomic E-state index is -0.436. The highest BCUT2D eigenvalue weighted by atomic mass is 16.5. The summed E-state index contributed by atoms with van der Waals surface area (Å²) in [5.74, 6) is 0. The molecule has 0 spiro atoms. The van der Waals surface area contributed by atoms with Gasteiger partial charge in [-0.1, -0.05) is 67.9 Å². The molecule has 128 valence electrons. The molecule has 24 heavy (non-hydrogen) atoms. The van der Waals surface area contributed by atoms with Crippen LogP contribution in [0.2, 0.25) is 0 Å². The predicted octanol–water partition coefficient (Wildman–Crippen LogP) is 4.30. The molecule has 0 saturated carbocycles. The third-order valence-electron chi connectivity index (χ3n) is 3.86. The Kier molecular flexibility index (Phi) is 7.30. The molecule has 2 aromatic rings. The number of alkyl carbamates (subject to hydrolysis) is 1. The maximum atomic E-state index is 11.8. The van der Waals surface area contributed by atoms with E-state index in [1.54, 1.807) is 0 Å². The van der Waals surface area contributed by atoms with Crippen molar-refractivity contribution in [2.75, 3.05) is 13.2 Å². The first-order chi connectivity index (χ1) is 11.7. The smallest absolute Gasteiger partial charge is 0.407 e. The minimum absolute atomic E-state index is 0.000341. The fraction of sp³-hybridized carbons (Fsp3) is 0.350. The van der Waals surface area contributed by atoms with Gasteiger partial charge >= 0.3 is 6.09 Å². The summed E-state index contributed by atoms with van der Waals surface area (Å²) in [6, 6.07) is 17.9. The van der Waals surface area contributed by atoms with Gasteiger partial charge in [0.15, 0.2) is 0 Å². The standard InChI is InChI=1S/C20H25NO3/c1-2-3-15-24-20(23)21-19(13-14-22)18-11-9-17(10-12-18)16-7-5-4-6-8-16/h4-12,19,22H,2-3,13-15H2,1H3,(H,21,23). The number of hydrogen-bond acceptors (Lipinski definition) is 3. The van der Waals surface area contributed by atoms with E-state index in [1.807, 2.05) is 49.4 Å². The summed E-state index contributed by atoms with van der Waals surface area (Å²) in [4.78, 5) is 11.8. The molecule has 2 aromatic carbocycles. The van der Waals surface area contributed by atoms with E-state index in [-0.39, 0.29) is 12.6 Å². The lowest BCUT2D eigenvalue weighted by molar-refractivity contribution is 0.138. The van der Waals surface area contributed by atoms with Crippen LogP contribution in [-0.2, 0) is 4.74 Å². The number of unbranched alkanes of at least 4 members (excludes halogenated alkanes) is 1. The van der Waals surface area contributed by atoms with Gasteiger partial charge in [-0.25, -0.2) is 4.79 Å². The lowest BCUT2D eigenvalue weighted by Gasteiger charge is -2.18. The van der Waals surface area contributed by atoms with Crippen molar-refractivity contribution in [2.24, 2.45) is 0 Å². The Bertz CT molecular complexity index is 611. The second kappa shape index (κ2) is 9.73. The number of carbonyl (C=O) groups is 1. The summed E-state index contributed by atoms with van der Waals surface area (Å²) in [5, 5.41) is 12.1. The Morgan fingerprint density at radius 3 is 2.38 bits per heavy atom. The van der Waals surface area contributed by atoms with Gasteiger partial charge in [0.1, 0.15) is 0 Å². The zero-order chi connectivity index (χ0) is 17.2. The Labute approximate surface area is 143 Å². The number of rotatable bonds is 8. The molecule has 4 heteroatoms. The number of hydrogen-bond donors (Lipinski definition) is 2. The number of nitrogens with one attached hydrogen (secondary N) is 1. The molecule has 0 saturated heterocycles. The third-order valence-corrected chi connectivity index (χ3v) is 3.86. The lowest BCUT2D eigenvalue weighted by atomic mass is 9.99. The van der Waals surface area contributed by atoms with Gasteiger partial charge in [0.25, 0.3) is 0 Å². The van der Waals surface area contributed by atoms with E-state index in [1.165, 1.54) is 0 Å². The van der Waals surface area contributed by atoms with Crippen molar-refractivity contribution in [3.63, 3.8) is 0 Å². The summed E-state index contributed by atoms with van der Waals surface area (Å²) in [6.45, 7) is 2.46. The quantitative estimate of drug-likeness (QED) is 0.711. The Morgan fingerprint density at radius 2 is 1.75 bits per heavy atom. The van der Waals surface area contributed by atoms with Crippen LogP contribution in [0.4, 0.5) is 4.79 Å². The lowest BCUT2D eigenvalue weighted by Crippen LogP contribution is -2.30. The van der Waals surface area contributed by atoms with Crippen molar-refractivity contribution in [2.45, 2.75) is 32.2 Å². The molecule has 1 amide bonds. The number of benzene rings is 2. The molecule has 0 fully saturated rings. The summed E-state index contributed by atoms with van der Waals surface area (Å²) in [5.41, 5.74) is 3.22. The van der Waals surface area contributed by atoms with Crippen molar-refractivity contribution in [3.05, 3.63) is 60.2 Å². The van der Waals surface area contributed by atoms with Crippen molar-refractivity contribution in [3.8, 4) is 11.1 Å². The largest absolute Gasteiger partial charge is 0.450 e. The molecule has 2 N–H and O–H groups in total. The molecule has 0 heterocycles. The average Bonchev–Trinajstić information content (AvgIpc) is 2.62. The molecule has 0 aliphatic rings. The SMILES string of the molecule is CCCCOC(=O)NC(CCO)c1ccc(-c2ccccc2)cc1. The highest BCUT2D eigenvalue weighted by Gasteiger charge is 2.15. The van der Waals surface area contributed by atoms with Gasteiger partial charge in [-0.3, -0.25) is 0 Å². The normalized spacial score (nSPS) is 11.8. The molecular weight excluding hydrogens is 302 g/mol. The average molecular weight is 327 g/mol. The van der Waals surface area contributed by atoms with Crippen LogP contribution in [0.1, 0.15) is 37.8 Å². The molecule has 0 bridgehead atoms. The topological polar surface area (TPSA) is 58.6 Å². The van der Waals surface area contributed by atoms with Crippen molar-refractivity contribution >= 4 is 6.09 Å². The summed E-state index contributed by atoms with van der Waals surface area (Å²) in [7, 11) is 0. The first kappa shape index (κ1) is 18.0. The number of aliphatic hydroxyl groups is 1. The van der Waals surface area contributed by atoms with Crippen LogP contribution in [0.15, 0.2) is 54.6 Å². The van der Waals surface area contributed by atoms with Crippen LogP contribution in [0, 0.1) is 0 Å². The number of carbonyl (C=O) groups excluding carboxylic acids is 1. The van der Waals surface area contributed by atoms with Crippen LogP contribution in [0.3, 0.4) is 0 Å². The summed E-state index contributed by atoms with van der Waals surface area (Å²) in [6.07, 6.45) is 1.85. The van der Waals surface area contributed by atoms with Crippen molar-refractivity contribution in [1.29, 1.82) is 0 Å². The maximum Gasteiger partial charge on any atom is 0.407 e. The molecule has 1 atom stereocenters. The first-order valence-electron chi connectivity index (χ1n) is 8.44. The second-order valence-electron chi connectivity index (χ2n) is 5.69. The third kappa shape index (κ3) is 5.39. The van der Waals surface area contributed by atoms with E-state index in [4.69, 9.17) is 4.74 Å². The zero-order valence-corrected chi connectivity index (χ0v) is 14.1.